The molecule has 0 saturated heterocycles. The van der Waals surface area contributed by atoms with Gasteiger partial charge in [-0.1, -0.05) is 6.92 Å². The summed E-state index contributed by atoms with van der Waals surface area (Å²) in [7, 11) is 0. The molecule has 1 aromatic heterocycles. The van der Waals surface area contributed by atoms with Crippen LogP contribution < -0.4 is 10.1 Å². The van der Waals surface area contributed by atoms with Crippen LogP contribution in [0.1, 0.15) is 26.2 Å². The van der Waals surface area contributed by atoms with Gasteiger partial charge in [-0.2, -0.15) is 4.98 Å². The molecule has 2 N–H and O–H groups in total. The number of rotatable bonds is 6. The smallest absolute Gasteiger partial charge is 0.225 e. The molecule has 1 heterocycles. The van der Waals surface area contributed by atoms with E-state index in [1.54, 1.807) is 12.3 Å². The van der Waals surface area contributed by atoms with E-state index in [0.717, 1.165) is 25.8 Å². The number of aliphatic hydroxyl groups excluding tert-OH is 1. The van der Waals surface area contributed by atoms with Gasteiger partial charge in [0.05, 0.1) is 12.7 Å². The zero-order chi connectivity index (χ0) is 12.1. The average molecular weight is 237 g/mol. The van der Waals surface area contributed by atoms with E-state index in [2.05, 4.69) is 22.2 Å². The minimum atomic E-state index is -0.109. The van der Waals surface area contributed by atoms with Gasteiger partial charge < -0.3 is 15.2 Å². The number of hydrogen-bond donors (Lipinski definition) is 2. The number of ether oxygens (including phenoxy) is 1. The Bertz CT molecular complexity index is 353. The van der Waals surface area contributed by atoms with Crippen LogP contribution in [0.2, 0.25) is 0 Å². The summed E-state index contributed by atoms with van der Waals surface area (Å²) in [6.45, 7) is 3.54. The van der Waals surface area contributed by atoms with Gasteiger partial charge in [0.15, 0.2) is 0 Å². The van der Waals surface area contributed by atoms with Crippen LogP contribution in [0.3, 0.4) is 0 Å². The first-order valence-electron chi connectivity index (χ1n) is 6.15. The Morgan fingerprint density at radius 2 is 2.35 bits per heavy atom. The van der Waals surface area contributed by atoms with Crippen molar-refractivity contribution in [2.24, 2.45) is 5.92 Å². The van der Waals surface area contributed by atoms with E-state index in [1.165, 1.54) is 0 Å². The SMILES string of the molecule is CCCOc1ccnc(NCC2CC(O)C2)n1. The van der Waals surface area contributed by atoms with Crippen molar-refractivity contribution < 1.29 is 9.84 Å². The van der Waals surface area contributed by atoms with E-state index < -0.39 is 0 Å². The lowest BCUT2D eigenvalue weighted by Gasteiger charge is -2.31. The van der Waals surface area contributed by atoms with E-state index in [9.17, 15) is 5.11 Å². The summed E-state index contributed by atoms with van der Waals surface area (Å²) in [5.74, 6) is 1.74. The molecule has 0 aliphatic heterocycles. The van der Waals surface area contributed by atoms with E-state index in [4.69, 9.17) is 4.74 Å². The summed E-state index contributed by atoms with van der Waals surface area (Å²) < 4.78 is 5.43. The lowest BCUT2D eigenvalue weighted by molar-refractivity contribution is 0.0486. The molecule has 17 heavy (non-hydrogen) atoms. The van der Waals surface area contributed by atoms with Crippen molar-refractivity contribution in [1.82, 2.24) is 9.97 Å². The fourth-order valence-electron chi connectivity index (χ4n) is 1.82. The normalized spacial score (nSPS) is 22.9. The lowest BCUT2D eigenvalue weighted by atomic mass is 9.82. The molecule has 0 atom stereocenters. The first-order chi connectivity index (χ1) is 8.28. The summed E-state index contributed by atoms with van der Waals surface area (Å²) in [6.07, 6.45) is 4.29. The van der Waals surface area contributed by atoms with Crippen LogP contribution in [-0.4, -0.2) is 34.3 Å². The van der Waals surface area contributed by atoms with Gasteiger partial charge in [-0.25, -0.2) is 4.98 Å². The largest absolute Gasteiger partial charge is 0.478 e. The molecule has 1 aromatic rings. The standard InChI is InChI=1S/C12H19N3O2/c1-2-5-17-11-3-4-13-12(15-11)14-8-9-6-10(16)7-9/h3-4,9-10,16H,2,5-8H2,1H3,(H,13,14,15). The second-order valence-electron chi connectivity index (χ2n) is 4.44. The molecule has 5 heteroatoms. The van der Waals surface area contributed by atoms with Crippen molar-refractivity contribution in [3.05, 3.63) is 12.3 Å². The third-order valence-electron chi connectivity index (χ3n) is 2.84. The van der Waals surface area contributed by atoms with Crippen LogP contribution >= 0.6 is 0 Å². The number of aliphatic hydroxyl groups is 1. The third kappa shape index (κ3) is 3.56. The summed E-state index contributed by atoms with van der Waals surface area (Å²) in [4.78, 5) is 8.38. The number of nitrogens with zero attached hydrogens (tertiary/aromatic N) is 2. The second kappa shape index (κ2) is 5.82. The van der Waals surface area contributed by atoms with Crippen LogP contribution in [0.5, 0.6) is 5.88 Å². The van der Waals surface area contributed by atoms with Crippen LogP contribution in [0, 0.1) is 5.92 Å². The lowest BCUT2D eigenvalue weighted by Crippen LogP contribution is -2.33. The highest BCUT2D eigenvalue weighted by atomic mass is 16.5. The molecule has 1 aliphatic rings. The fraction of sp³-hybridized carbons (Fsp3) is 0.667. The van der Waals surface area contributed by atoms with Crippen LogP contribution in [0.25, 0.3) is 0 Å². The van der Waals surface area contributed by atoms with Crippen LogP contribution in [-0.2, 0) is 0 Å². The van der Waals surface area contributed by atoms with Crippen molar-refractivity contribution in [2.75, 3.05) is 18.5 Å². The molecule has 5 nitrogen and oxygen atoms in total. The van der Waals surface area contributed by atoms with Crippen molar-refractivity contribution in [2.45, 2.75) is 32.3 Å². The highest BCUT2D eigenvalue weighted by molar-refractivity contribution is 5.27. The maximum absolute atomic E-state index is 9.18. The zero-order valence-corrected chi connectivity index (χ0v) is 10.1. The minimum absolute atomic E-state index is 0.109. The molecule has 0 spiro atoms. The van der Waals surface area contributed by atoms with Crippen molar-refractivity contribution in [1.29, 1.82) is 0 Å². The van der Waals surface area contributed by atoms with Gasteiger partial charge >= 0.3 is 0 Å². The van der Waals surface area contributed by atoms with Crippen molar-refractivity contribution in [3.8, 4) is 5.88 Å². The molecule has 1 fully saturated rings. The quantitative estimate of drug-likeness (QED) is 0.783. The predicted molar refractivity (Wildman–Crippen MR) is 65.0 cm³/mol. The van der Waals surface area contributed by atoms with E-state index in [1.807, 2.05) is 0 Å². The van der Waals surface area contributed by atoms with Crippen LogP contribution in [0.15, 0.2) is 12.3 Å². The summed E-state index contributed by atoms with van der Waals surface area (Å²) >= 11 is 0. The highest BCUT2D eigenvalue weighted by Gasteiger charge is 2.26. The van der Waals surface area contributed by atoms with Gasteiger partial charge in [-0.15, -0.1) is 0 Å². The molecule has 0 radical (unpaired) electrons. The molecule has 94 valence electrons. The zero-order valence-electron chi connectivity index (χ0n) is 10.1. The summed E-state index contributed by atoms with van der Waals surface area (Å²) in [6, 6.07) is 1.76. The van der Waals surface area contributed by atoms with E-state index in [-0.39, 0.29) is 6.10 Å². The maximum atomic E-state index is 9.18. The number of aromatic nitrogens is 2. The van der Waals surface area contributed by atoms with E-state index in [0.29, 0.717) is 24.4 Å². The first kappa shape index (κ1) is 12.1. The van der Waals surface area contributed by atoms with E-state index >= 15 is 0 Å². The van der Waals surface area contributed by atoms with Crippen molar-refractivity contribution >= 4 is 5.95 Å². The second-order valence-corrected chi connectivity index (χ2v) is 4.44. The first-order valence-corrected chi connectivity index (χ1v) is 6.15. The molecular weight excluding hydrogens is 218 g/mol. The predicted octanol–water partition coefficient (Wildman–Crippen LogP) is 1.45. The summed E-state index contributed by atoms with van der Waals surface area (Å²) in [5.41, 5.74) is 0. The van der Waals surface area contributed by atoms with Crippen molar-refractivity contribution in [3.63, 3.8) is 0 Å². The Hall–Kier alpha value is -1.36. The highest BCUT2D eigenvalue weighted by Crippen LogP contribution is 2.26. The van der Waals surface area contributed by atoms with Crippen LogP contribution in [0.4, 0.5) is 5.95 Å². The molecule has 0 unspecified atom stereocenters. The van der Waals surface area contributed by atoms with Gasteiger partial charge in [-0.3, -0.25) is 0 Å². The molecule has 1 aliphatic carbocycles. The Kier molecular flexibility index (Phi) is 4.14. The average Bonchev–Trinajstić information content (AvgIpc) is 2.31. The number of nitrogens with one attached hydrogen (secondary N) is 1. The fourth-order valence-corrected chi connectivity index (χ4v) is 1.82. The van der Waals surface area contributed by atoms with Gasteiger partial charge in [-0.05, 0) is 25.2 Å². The Morgan fingerprint density at radius 3 is 3.06 bits per heavy atom. The molecule has 0 aromatic carbocycles. The minimum Gasteiger partial charge on any atom is -0.478 e. The Balaban J connectivity index is 1.79. The molecule has 2 rings (SSSR count). The topological polar surface area (TPSA) is 67.3 Å². The summed E-state index contributed by atoms with van der Waals surface area (Å²) in [5, 5.41) is 12.3. The maximum Gasteiger partial charge on any atom is 0.225 e. The number of anilines is 1. The van der Waals surface area contributed by atoms with Gasteiger partial charge in [0.2, 0.25) is 11.8 Å². The molecule has 1 saturated carbocycles. The number of hydrogen-bond acceptors (Lipinski definition) is 5. The third-order valence-corrected chi connectivity index (χ3v) is 2.84. The monoisotopic (exact) mass is 237 g/mol. The Labute approximate surface area is 101 Å². The molecule has 0 amide bonds. The van der Waals surface area contributed by atoms with Gasteiger partial charge in [0.25, 0.3) is 0 Å². The Morgan fingerprint density at radius 1 is 1.53 bits per heavy atom. The van der Waals surface area contributed by atoms with Gasteiger partial charge in [0, 0.05) is 18.8 Å². The molecular formula is C12H19N3O2. The van der Waals surface area contributed by atoms with Gasteiger partial charge in [0.1, 0.15) is 0 Å². The molecule has 0 bridgehead atoms.